The van der Waals surface area contributed by atoms with Crippen molar-refractivity contribution in [3.63, 3.8) is 0 Å². The van der Waals surface area contributed by atoms with Crippen LogP contribution >= 0.6 is 0 Å². The third-order valence-electron chi connectivity index (χ3n) is 5.74. The van der Waals surface area contributed by atoms with Crippen molar-refractivity contribution in [2.45, 2.75) is 38.8 Å². The number of aromatic amines is 1. The fraction of sp³-hybridized carbons (Fsp3) is 0.375. The van der Waals surface area contributed by atoms with Crippen molar-refractivity contribution in [1.82, 2.24) is 25.2 Å². The van der Waals surface area contributed by atoms with Gasteiger partial charge in [-0.15, -0.1) is 0 Å². The molecule has 1 saturated heterocycles. The van der Waals surface area contributed by atoms with E-state index in [1.807, 2.05) is 26.0 Å². The van der Waals surface area contributed by atoms with E-state index in [-0.39, 0.29) is 23.6 Å². The highest BCUT2D eigenvalue weighted by molar-refractivity contribution is 5.97. The van der Waals surface area contributed by atoms with Crippen LogP contribution in [0.25, 0.3) is 11.0 Å². The number of hydrogen-bond acceptors (Lipinski definition) is 6. The summed E-state index contributed by atoms with van der Waals surface area (Å²) in [5, 5.41) is 2.74. The van der Waals surface area contributed by atoms with Gasteiger partial charge in [0.15, 0.2) is 5.69 Å². The number of carbonyl (C=O) groups is 2. The van der Waals surface area contributed by atoms with Gasteiger partial charge in [-0.05, 0) is 30.2 Å². The van der Waals surface area contributed by atoms with Crippen molar-refractivity contribution in [3.05, 3.63) is 64.8 Å². The van der Waals surface area contributed by atoms with E-state index in [1.54, 1.807) is 41.6 Å². The number of nitrogens with one attached hydrogen (secondary N) is 2. The van der Waals surface area contributed by atoms with Gasteiger partial charge in [0, 0.05) is 38.3 Å². The van der Waals surface area contributed by atoms with Gasteiger partial charge in [0.1, 0.15) is 17.9 Å². The molecule has 3 heterocycles. The van der Waals surface area contributed by atoms with E-state index in [0.29, 0.717) is 37.0 Å². The number of H-pyrrole nitrogens is 1. The maximum absolute atomic E-state index is 13.2. The Morgan fingerprint density at radius 1 is 1.12 bits per heavy atom. The summed E-state index contributed by atoms with van der Waals surface area (Å²) in [5.74, 6) is -0.232. The third-order valence-corrected chi connectivity index (χ3v) is 5.74. The number of amides is 2. The van der Waals surface area contributed by atoms with Gasteiger partial charge in [0.2, 0.25) is 5.91 Å². The van der Waals surface area contributed by atoms with E-state index in [0.717, 1.165) is 5.75 Å². The van der Waals surface area contributed by atoms with E-state index in [1.165, 1.54) is 0 Å². The van der Waals surface area contributed by atoms with E-state index in [4.69, 9.17) is 4.74 Å². The number of hydrogen-bond donors (Lipinski definition) is 2. The van der Waals surface area contributed by atoms with Gasteiger partial charge in [-0.2, -0.15) is 0 Å². The number of aromatic nitrogens is 3. The molecule has 0 unspecified atom stereocenters. The summed E-state index contributed by atoms with van der Waals surface area (Å²) in [6.07, 6.45) is 4.76. The van der Waals surface area contributed by atoms with Gasteiger partial charge in [0.05, 0.1) is 11.0 Å². The first-order valence-corrected chi connectivity index (χ1v) is 11.1. The Labute approximate surface area is 191 Å². The van der Waals surface area contributed by atoms with Gasteiger partial charge < -0.3 is 19.9 Å². The summed E-state index contributed by atoms with van der Waals surface area (Å²) in [6.45, 7) is 4.78. The maximum Gasteiger partial charge on any atom is 0.280 e. The highest BCUT2D eigenvalue weighted by Gasteiger charge is 2.32. The minimum Gasteiger partial charge on any atom is -0.490 e. The predicted octanol–water partition coefficient (Wildman–Crippen LogP) is 2.14. The van der Waals surface area contributed by atoms with E-state index >= 15 is 0 Å². The normalized spacial score (nSPS) is 15.4. The monoisotopic (exact) mass is 449 g/mol. The number of carbonyl (C=O) groups excluding carboxylic acids is 2. The SMILES string of the molecule is CC(C)[C@H](NC(=O)c1nc2ccccc2[nH]c1=O)C(=O)N1CCC(Oc2ccncc2)CC1. The van der Waals surface area contributed by atoms with Crippen LogP contribution in [-0.4, -0.2) is 56.9 Å². The van der Waals surface area contributed by atoms with Crippen LogP contribution in [0.3, 0.4) is 0 Å². The lowest BCUT2D eigenvalue weighted by molar-refractivity contribution is -0.136. The molecule has 2 amide bonds. The Balaban J connectivity index is 1.41. The maximum atomic E-state index is 13.2. The van der Waals surface area contributed by atoms with Crippen molar-refractivity contribution in [2.24, 2.45) is 5.92 Å². The molecule has 4 rings (SSSR count). The number of likely N-dealkylation sites (tertiary alicyclic amines) is 1. The molecule has 2 aromatic heterocycles. The molecule has 0 aliphatic carbocycles. The first kappa shape index (κ1) is 22.4. The topological polar surface area (TPSA) is 117 Å². The Kier molecular flexibility index (Phi) is 6.67. The van der Waals surface area contributed by atoms with Crippen LogP contribution in [0.2, 0.25) is 0 Å². The van der Waals surface area contributed by atoms with E-state index < -0.39 is 17.5 Å². The highest BCUT2D eigenvalue weighted by atomic mass is 16.5. The number of pyridine rings is 1. The zero-order valence-corrected chi connectivity index (χ0v) is 18.7. The summed E-state index contributed by atoms with van der Waals surface area (Å²) in [5.41, 5.74) is 0.213. The number of rotatable bonds is 6. The number of para-hydroxylation sites is 2. The number of benzene rings is 1. The van der Waals surface area contributed by atoms with E-state index in [9.17, 15) is 14.4 Å². The Morgan fingerprint density at radius 2 is 1.82 bits per heavy atom. The molecule has 1 aromatic carbocycles. The second kappa shape index (κ2) is 9.81. The largest absolute Gasteiger partial charge is 0.490 e. The molecular weight excluding hydrogens is 422 g/mol. The van der Waals surface area contributed by atoms with Gasteiger partial charge in [-0.3, -0.25) is 19.4 Å². The molecule has 33 heavy (non-hydrogen) atoms. The van der Waals surface area contributed by atoms with Gasteiger partial charge in [-0.25, -0.2) is 4.98 Å². The van der Waals surface area contributed by atoms with E-state index in [2.05, 4.69) is 20.3 Å². The summed E-state index contributed by atoms with van der Waals surface area (Å²) in [7, 11) is 0. The van der Waals surface area contributed by atoms with Crippen LogP contribution in [0.5, 0.6) is 5.75 Å². The third kappa shape index (κ3) is 5.19. The molecule has 0 bridgehead atoms. The average Bonchev–Trinajstić information content (AvgIpc) is 2.82. The second-order valence-corrected chi connectivity index (χ2v) is 8.45. The summed E-state index contributed by atoms with van der Waals surface area (Å²) in [6, 6.07) is 9.84. The first-order chi connectivity index (χ1) is 15.9. The van der Waals surface area contributed by atoms with Crippen molar-refractivity contribution < 1.29 is 14.3 Å². The summed E-state index contributed by atoms with van der Waals surface area (Å²) in [4.78, 5) is 51.1. The fourth-order valence-corrected chi connectivity index (χ4v) is 3.91. The lowest BCUT2D eigenvalue weighted by Gasteiger charge is -2.35. The molecule has 0 radical (unpaired) electrons. The predicted molar refractivity (Wildman–Crippen MR) is 123 cm³/mol. The zero-order valence-electron chi connectivity index (χ0n) is 18.7. The van der Waals surface area contributed by atoms with Gasteiger partial charge in [0.25, 0.3) is 11.5 Å². The van der Waals surface area contributed by atoms with Crippen LogP contribution in [0.4, 0.5) is 0 Å². The summed E-state index contributed by atoms with van der Waals surface area (Å²) >= 11 is 0. The molecule has 9 nitrogen and oxygen atoms in total. The molecule has 9 heteroatoms. The number of nitrogens with zero attached hydrogens (tertiary/aromatic N) is 3. The first-order valence-electron chi connectivity index (χ1n) is 11.1. The molecule has 1 atom stereocenters. The molecule has 0 saturated carbocycles. The minimum atomic E-state index is -0.761. The molecule has 2 N–H and O–H groups in total. The van der Waals surface area contributed by atoms with Crippen molar-refractivity contribution >= 4 is 22.8 Å². The average molecular weight is 450 g/mol. The van der Waals surface area contributed by atoms with Crippen LogP contribution in [-0.2, 0) is 4.79 Å². The van der Waals surface area contributed by atoms with Crippen LogP contribution in [0.1, 0.15) is 37.2 Å². The minimum absolute atomic E-state index is 0.0175. The molecule has 172 valence electrons. The molecule has 0 spiro atoms. The Hall–Kier alpha value is -3.75. The molecular formula is C24H27N5O4. The van der Waals surface area contributed by atoms with Crippen LogP contribution in [0.15, 0.2) is 53.6 Å². The highest BCUT2D eigenvalue weighted by Crippen LogP contribution is 2.20. The molecule has 1 aliphatic heterocycles. The molecule has 1 fully saturated rings. The summed E-state index contributed by atoms with van der Waals surface area (Å²) < 4.78 is 5.97. The molecule has 1 aliphatic rings. The quantitative estimate of drug-likeness (QED) is 0.595. The smallest absolute Gasteiger partial charge is 0.280 e. The van der Waals surface area contributed by atoms with Crippen molar-refractivity contribution in [3.8, 4) is 5.75 Å². The number of fused-ring (bicyclic) bond motifs is 1. The van der Waals surface area contributed by atoms with Gasteiger partial charge >= 0.3 is 0 Å². The lowest BCUT2D eigenvalue weighted by Crippen LogP contribution is -2.54. The Bertz CT molecular complexity index is 1190. The van der Waals surface area contributed by atoms with Crippen molar-refractivity contribution in [1.29, 1.82) is 0 Å². The van der Waals surface area contributed by atoms with Crippen LogP contribution in [0, 0.1) is 5.92 Å². The number of ether oxygens (including phenoxy) is 1. The van der Waals surface area contributed by atoms with Crippen LogP contribution < -0.4 is 15.6 Å². The number of piperidine rings is 1. The molecule has 3 aromatic rings. The standard InChI is InChI=1S/C24H27N5O4/c1-15(2)20(28-23(31)21-22(30)27-19-6-4-3-5-18(19)26-21)24(32)29-13-9-17(10-14-29)33-16-7-11-25-12-8-16/h3-8,11-12,15,17,20H,9-10,13-14H2,1-2H3,(H,27,30)(H,28,31)/t20-/m0/s1. The lowest BCUT2D eigenvalue weighted by atomic mass is 10.00. The van der Waals surface area contributed by atoms with Gasteiger partial charge in [-0.1, -0.05) is 26.0 Å². The fourth-order valence-electron chi connectivity index (χ4n) is 3.91. The second-order valence-electron chi connectivity index (χ2n) is 8.45. The Morgan fingerprint density at radius 3 is 2.52 bits per heavy atom. The van der Waals surface area contributed by atoms with Crippen molar-refractivity contribution in [2.75, 3.05) is 13.1 Å². The zero-order chi connectivity index (χ0) is 23.4.